The highest BCUT2D eigenvalue weighted by Crippen LogP contribution is 2.26. The molecule has 1 aromatic carbocycles. The number of ether oxygens (including phenoxy) is 2. The Kier molecular flexibility index (Phi) is 4.58. The van der Waals surface area contributed by atoms with Crippen LogP contribution in [0, 0.1) is 0 Å². The van der Waals surface area contributed by atoms with Crippen molar-refractivity contribution >= 4 is 17.4 Å². The molecule has 4 nitrogen and oxygen atoms in total. The molecule has 0 fully saturated rings. The first kappa shape index (κ1) is 14.3. The lowest BCUT2D eigenvalue weighted by atomic mass is 10.1. The fourth-order valence-corrected chi connectivity index (χ4v) is 1.89. The predicted molar refractivity (Wildman–Crippen MR) is 76.6 cm³/mol. The van der Waals surface area contributed by atoms with Gasteiger partial charge in [-0.05, 0) is 25.1 Å². The Balaban J connectivity index is 2.24. The van der Waals surface area contributed by atoms with E-state index in [-0.39, 0.29) is 12.4 Å². The molecular weight excluding hydrogens is 278 g/mol. The van der Waals surface area contributed by atoms with Crippen LogP contribution < -0.4 is 9.47 Å². The van der Waals surface area contributed by atoms with Gasteiger partial charge in [0.25, 0.3) is 0 Å². The van der Waals surface area contributed by atoms with Crippen LogP contribution in [0.2, 0.25) is 5.02 Å². The zero-order valence-corrected chi connectivity index (χ0v) is 12.0. The number of pyridine rings is 1. The van der Waals surface area contributed by atoms with Crippen LogP contribution in [0.25, 0.3) is 0 Å². The predicted octanol–water partition coefficient (Wildman–Crippen LogP) is 3.53. The molecule has 5 heteroatoms. The van der Waals surface area contributed by atoms with Gasteiger partial charge >= 0.3 is 0 Å². The number of benzene rings is 1. The Hall–Kier alpha value is -2.07. The number of Topliss-reactive ketones (excluding diaryl/α,β-unsaturated/α-hetero) is 1. The van der Waals surface area contributed by atoms with E-state index in [1.54, 1.807) is 43.8 Å². The highest BCUT2D eigenvalue weighted by atomic mass is 35.5. The molecule has 0 radical (unpaired) electrons. The molecule has 0 N–H and O–H groups in total. The number of halogens is 1. The molecule has 0 saturated carbocycles. The summed E-state index contributed by atoms with van der Waals surface area (Å²) in [4.78, 5) is 15.5. The lowest BCUT2D eigenvalue weighted by Crippen LogP contribution is -2.02. The van der Waals surface area contributed by atoms with E-state index < -0.39 is 0 Å². The molecule has 0 aliphatic heterocycles. The third kappa shape index (κ3) is 3.27. The van der Waals surface area contributed by atoms with Crippen LogP contribution >= 0.6 is 11.6 Å². The first-order chi connectivity index (χ1) is 9.61. The minimum atomic E-state index is -0.0662. The Labute approximate surface area is 122 Å². The van der Waals surface area contributed by atoms with Crippen molar-refractivity contribution in [1.82, 2.24) is 4.98 Å². The maximum Gasteiger partial charge on any atom is 0.163 e. The largest absolute Gasteiger partial charge is 0.497 e. The van der Waals surface area contributed by atoms with Gasteiger partial charge in [-0.1, -0.05) is 11.6 Å². The van der Waals surface area contributed by atoms with E-state index in [2.05, 4.69) is 4.98 Å². The van der Waals surface area contributed by atoms with E-state index in [0.717, 1.165) is 5.56 Å². The number of carbonyl (C=O) groups is 1. The molecule has 0 saturated heterocycles. The quantitative estimate of drug-likeness (QED) is 0.791. The SMILES string of the molecule is COc1ccc(C(C)=O)c(OCc2ccncc2Cl)c1. The van der Waals surface area contributed by atoms with E-state index in [1.165, 1.54) is 6.92 Å². The van der Waals surface area contributed by atoms with Crippen LogP contribution in [0.4, 0.5) is 0 Å². The summed E-state index contributed by atoms with van der Waals surface area (Å²) in [5.74, 6) is 1.04. The Morgan fingerprint density at radius 1 is 1.35 bits per heavy atom. The summed E-state index contributed by atoms with van der Waals surface area (Å²) in [6, 6.07) is 6.87. The average Bonchev–Trinajstić information content (AvgIpc) is 2.46. The number of hydrogen-bond donors (Lipinski definition) is 0. The second-order valence-corrected chi connectivity index (χ2v) is 4.58. The summed E-state index contributed by atoms with van der Waals surface area (Å²) in [5, 5.41) is 0.528. The molecule has 1 aromatic heterocycles. The van der Waals surface area contributed by atoms with Crippen LogP contribution in [-0.4, -0.2) is 17.9 Å². The number of hydrogen-bond acceptors (Lipinski definition) is 4. The molecule has 1 heterocycles. The number of rotatable bonds is 5. The Morgan fingerprint density at radius 3 is 2.80 bits per heavy atom. The van der Waals surface area contributed by atoms with Crippen molar-refractivity contribution in [1.29, 1.82) is 0 Å². The van der Waals surface area contributed by atoms with Gasteiger partial charge in [0.2, 0.25) is 0 Å². The summed E-state index contributed by atoms with van der Waals surface area (Å²) in [5.41, 5.74) is 1.31. The molecule has 0 aliphatic rings. The van der Waals surface area contributed by atoms with Gasteiger partial charge in [-0.2, -0.15) is 0 Å². The van der Waals surface area contributed by atoms with Crippen molar-refractivity contribution in [3.63, 3.8) is 0 Å². The maximum absolute atomic E-state index is 11.6. The van der Waals surface area contributed by atoms with Gasteiger partial charge in [-0.25, -0.2) is 0 Å². The fourth-order valence-electron chi connectivity index (χ4n) is 1.72. The van der Waals surface area contributed by atoms with E-state index in [4.69, 9.17) is 21.1 Å². The van der Waals surface area contributed by atoms with Crippen molar-refractivity contribution < 1.29 is 14.3 Å². The topological polar surface area (TPSA) is 48.4 Å². The third-order valence-electron chi connectivity index (χ3n) is 2.81. The maximum atomic E-state index is 11.6. The third-order valence-corrected chi connectivity index (χ3v) is 3.15. The van der Waals surface area contributed by atoms with Crippen LogP contribution in [0.1, 0.15) is 22.8 Å². The molecule has 0 bridgehead atoms. The number of carbonyl (C=O) groups excluding carboxylic acids is 1. The molecule has 0 amide bonds. The second kappa shape index (κ2) is 6.39. The molecule has 0 atom stereocenters. The summed E-state index contributed by atoms with van der Waals surface area (Å²) in [6.45, 7) is 1.75. The highest BCUT2D eigenvalue weighted by molar-refractivity contribution is 6.31. The lowest BCUT2D eigenvalue weighted by Gasteiger charge is -2.12. The molecular formula is C15H14ClNO3. The first-order valence-electron chi connectivity index (χ1n) is 6.02. The zero-order valence-electron chi connectivity index (χ0n) is 11.2. The number of aromatic nitrogens is 1. The number of ketones is 1. The highest BCUT2D eigenvalue weighted by Gasteiger charge is 2.11. The van der Waals surface area contributed by atoms with Crippen molar-refractivity contribution in [2.24, 2.45) is 0 Å². The molecule has 20 heavy (non-hydrogen) atoms. The fraction of sp³-hybridized carbons (Fsp3) is 0.200. The van der Waals surface area contributed by atoms with E-state index in [0.29, 0.717) is 22.1 Å². The first-order valence-corrected chi connectivity index (χ1v) is 6.39. The van der Waals surface area contributed by atoms with Gasteiger partial charge in [0.1, 0.15) is 18.1 Å². The van der Waals surface area contributed by atoms with Crippen LogP contribution in [0.5, 0.6) is 11.5 Å². The standard InChI is InChI=1S/C15H14ClNO3/c1-10(18)13-4-3-12(19-2)7-15(13)20-9-11-5-6-17-8-14(11)16/h3-8H,9H2,1-2H3. The molecule has 104 valence electrons. The molecule has 2 rings (SSSR count). The zero-order chi connectivity index (χ0) is 14.5. The molecule has 2 aromatic rings. The van der Waals surface area contributed by atoms with Gasteiger partial charge in [-0.15, -0.1) is 0 Å². The summed E-state index contributed by atoms with van der Waals surface area (Å²) < 4.78 is 10.8. The van der Waals surface area contributed by atoms with Gasteiger partial charge in [0, 0.05) is 24.0 Å². The van der Waals surface area contributed by atoms with Crippen molar-refractivity contribution in [2.45, 2.75) is 13.5 Å². The van der Waals surface area contributed by atoms with Gasteiger partial charge < -0.3 is 9.47 Å². The van der Waals surface area contributed by atoms with E-state index >= 15 is 0 Å². The summed E-state index contributed by atoms with van der Waals surface area (Å²) >= 11 is 6.02. The minimum Gasteiger partial charge on any atom is -0.497 e. The van der Waals surface area contributed by atoms with E-state index in [1.807, 2.05) is 0 Å². The number of nitrogens with zero attached hydrogens (tertiary/aromatic N) is 1. The second-order valence-electron chi connectivity index (χ2n) is 4.17. The summed E-state index contributed by atoms with van der Waals surface area (Å²) in [7, 11) is 1.56. The summed E-state index contributed by atoms with van der Waals surface area (Å²) in [6.07, 6.45) is 3.19. The van der Waals surface area contributed by atoms with Crippen LogP contribution in [0.15, 0.2) is 36.7 Å². The Bertz CT molecular complexity index is 628. The smallest absolute Gasteiger partial charge is 0.163 e. The van der Waals surface area contributed by atoms with Crippen molar-refractivity contribution in [3.05, 3.63) is 52.8 Å². The van der Waals surface area contributed by atoms with Gasteiger partial charge in [0.05, 0.1) is 17.7 Å². The lowest BCUT2D eigenvalue weighted by molar-refractivity contribution is 0.101. The normalized spacial score (nSPS) is 10.2. The van der Waals surface area contributed by atoms with Crippen molar-refractivity contribution in [3.8, 4) is 11.5 Å². The van der Waals surface area contributed by atoms with Gasteiger partial charge in [0.15, 0.2) is 5.78 Å². The molecule has 0 spiro atoms. The van der Waals surface area contributed by atoms with Gasteiger partial charge in [-0.3, -0.25) is 9.78 Å². The van der Waals surface area contributed by atoms with Crippen LogP contribution in [0.3, 0.4) is 0 Å². The molecule has 0 aliphatic carbocycles. The van der Waals surface area contributed by atoms with Crippen LogP contribution in [-0.2, 0) is 6.61 Å². The van der Waals surface area contributed by atoms with Crippen molar-refractivity contribution in [2.75, 3.05) is 7.11 Å². The number of methoxy groups -OCH3 is 1. The van der Waals surface area contributed by atoms with E-state index in [9.17, 15) is 4.79 Å². The Morgan fingerprint density at radius 2 is 2.15 bits per heavy atom. The average molecular weight is 292 g/mol. The minimum absolute atomic E-state index is 0.0662. The molecule has 0 unspecified atom stereocenters. The monoisotopic (exact) mass is 291 g/mol.